The number of rotatable bonds is 8. The normalized spacial score (nSPS) is 15.5. The molecule has 39 heavy (non-hydrogen) atoms. The van der Waals surface area contributed by atoms with Gasteiger partial charge in [-0.15, -0.1) is 0 Å². The maximum Gasteiger partial charge on any atom is 0.308 e. The van der Waals surface area contributed by atoms with Crippen molar-refractivity contribution in [3.05, 3.63) is 107 Å². The average molecular weight is 544 g/mol. The first-order chi connectivity index (χ1) is 18.8. The van der Waals surface area contributed by atoms with Gasteiger partial charge >= 0.3 is 5.97 Å². The van der Waals surface area contributed by atoms with Crippen molar-refractivity contribution in [2.75, 3.05) is 20.3 Å². The van der Waals surface area contributed by atoms with E-state index in [1.807, 2.05) is 55.5 Å². The largest absolute Gasteiger partial charge is 0.497 e. The summed E-state index contributed by atoms with van der Waals surface area (Å²) in [5.41, 5.74) is 3.14. The second-order valence-electron chi connectivity index (χ2n) is 9.61. The minimum absolute atomic E-state index is 0.176. The molecule has 4 aromatic carbocycles. The van der Waals surface area contributed by atoms with Crippen molar-refractivity contribution in [2.45, 2.75) is 30.7 Å². The molecule has 0 saturated heterocycles. The summed E-state index contributed by atoms with van der Waals surface area (Å²) in [4.78, 5) is 26.0. The fourth-order valence-electron chi connectivity index (χ4n) is 4.94. The van der Waals surface area contributed by atoms with Crippen molar-refractivity contribution < 1.29 is 27.5 Å². The van der Waals surface area contributed by atoms with Crippen LogP contribution in [0.1, 0.15) is 39.5 Å². The maximum absolute atomic E-state index is 13.6. The van der Waals surface area contributed by atoms with Crippen LogP contribution in [0.3, 0.4) is 0 Å². The highest BCUT2D eigenvalue weighted by Crippen LogP contribution is 2.36. The number of ether oxygens (including phenoxy) is 2. The Morgan fingerprint density at radius 3 is 2.41 bits per heavy atom. The summed E-state index contributed by atoms with van der Waals surface area (Å²) in [6.07, 6.45) is 0.339. The zero-order valence-corrected chi connectivity index (χ0v) is 22.6. The first-order valence-electron chi connectivity index (χ1n) is 12.7. The number of carbonyl (C=O) groups is 2. The number of Topliss-reactive ketones (excluding diaryl/α,β-unsaturated/α-hetero) is 1. The number of fused-ring (bicyclic) bond motifs is 2. The van der Waals surface area contributed by atoms with Gasteiger partial charge in [-0.05, 0) is 65.6 Å². The molecule has 4 aromatic rings. The summed E-state index contributed by atoms with van der Waals surface area (Å²) in [5, 5.41) is 1.79. The molecular weight excluding hydrogens is 514 g/mol. The summed E-state index contributed by atoms with van der Waals surface area (Å²) in [6.45, 7) is 1.70. The van der Waals surface area contributed by atoms with Gasteiger partial charge in [-0.3, -0.25) is 9.59 Å². The van der Waals surface area contributed by atoms with Gasteiger partial charge in [-0.2, -0.15) is 4.31 Å². The Bertz CT molecular complexity index is 1650. The number of esters is 1. The average Bonchev–Trinajstić information content (AvgIpc) is 2.95. The van der Waals surface area contributed by atoms with Gasteiger partial charge in [0.25, 0.3) is 0 Å². The molecule has 5 rings (SSSR count). The molecule has 0 radical (unpaired) electrons. The van der Waals surface area contributed by atoms with E-state index in [1.165, 1.54) is 4.31 Å². The van der Waals surface area contributed by atoms with E-state index in [9.17, 15) is 18.0 Å². The number of aryl methyl sites for hydroxylation is 1. The summed E-state index contributed by atoms with van der Waals surface area (Å²) in [6, 6.07) is 24.3. The zero-order valence-electron chi connectivity index (χ0n) is 21.8. The predicted molar refractivity (Wildman–Crippen MR) is 148 cm³/mol. The highest BCUT2D eigenvalue weighted by molar-refractivity contribution is 7.89. The number of benzene rings is 4. The van der Waals surface area contributed by atoms with Crippen molar-refractivity contribution in [3.63, 3.8) is 0 Å². The Kier molecular flexibility index (Phi) is 7.50. The molecule has 0 spiro atoms. The summed E-state index contributed by atoms with van der Waals surface area (Å²) < 4.78 is 39.2. The fourth-order valence-corrected chi connectivity index (χ4v) is 6.55. The third kappa shape index (κ3) is 5.57. The molecule has 0 N–H and O–H groups in total. The van der Waals surface area contributed by atoms with Crippen LogP contribution in [0.15, 0.2) is 89.8 Å². The van der Waals surface area contributed by atoms with E-state index in [-0.39, 0.29) is 23.6 Å². The molecule has 0 amide bonds. The third-order valence-corrected chi connectivity index (χ3v) is 9.01. The van der Waals surface area contributed by atoms with Crippen LogP contribution in [-0.4, -0.2) is 44.7 Å². The second kappa shape index (κ2) is 11.0. The summed E-state index contributed by atoms with van der Waals surface area (Å²) >= 11 is 0. The van der Waals surface area contributed by atoms with Crippen LogP contribution in [0.4, 0.5) is 0 Å². The van der Waals surface area contributed by atoms with Gasteiger partial charge in [0.1, 0.15) is 5.75 Å². The van der Waals surface area contributed by atoms with Crippen molar-refractivity contribution in [2.24, 2.45) is 0 Å². The molecule has 0 saturated carbocycles. The van der Waals surface area contributed by atoms with Crippen LogP contribution in [0, 0.1) is 6.92 Å². The number of ketones is 1. The zero-order chi connectivity index (χ0) is 27.6. The van der Waals surface area contributed by atoms with Crippen LogP contribution in [0.25, 0.3) is 10.8 Å². The van der Waals surface area contributed by atoms with Gasteiger partial charge in [0, 0.05) is 12.1 Å². The summed E-state index contributed by atoms with van der Waals surface area (Å²) in [5.74, 6) is -0.257. The molecule has 8 heteroatoms. The van der Waals surface area contributed by atoms with E-state index >= 15 is 0 Å². The Labute approximate surface area is 228 Å². The van der Waals surface area contributed by atoms with Gasteiger partial charge in [0.05, 0.1) is 24.5 Å². The molecular formula is C31H29NO6S. The van der Waals surface area contributed by atoms with Gasteiger partial charge in [0.15, 0.2) is 12.4 Å². The van der Waals surface area contributed by atoms with Crippen LogP contribution in [-0.2, 0) is 26.0 Å². The molecule has 0 aliphatic carbocycles. The smallest absolute Gasteiger partial charge is 0.308 e. The first-order valence-corrected chi connectivity index (χ1v) is 14.1. The number of nitrogens with zero attached hydrogens (tertiary/aromatic N) is 1. The topological polar surface area (TPSA) is 90.0 Å². The van der Waals surface area contributed by atoms with E-state index in [0.29, 0.717) is 12.0 Å². The molecule has 7 nitrogen and oxygen atoms in total. The molecule has 1 atom stereocenters. The van der Waals surface area contributed by atoms with Gasteiger partial charge in [0.2, 0.25) is 10.0 Å². The van der Waals surface area contributed by atoms with E-state index in [1.54, 1.807) is 43.5 Å². The molecule has 0 fully saturated rings. The lowest BCUT2D eigenvalue weighted by Crippen LogP contribution is -2.41. The second-order valence-corrected chi connectivity index (χ2v) is 11.5. The Balaban J connectivity index is 1.33. The monoisotopic (exact) mass is 543 g/mol. The van der Waals surface area contributed by atoms with Crippen molar-refractivity contribution in [1.29, 1.82) is 0 Å². The van der Waals surface area contributed by atoms with Gasteiger partial charge < -0.3 is 9.47 Å². The molecule has 1 unspecified atom stereocenters. The lowest BCUT2D eigenvalue weighted by atomic mass is 9.92. The Morgan fingerprint density at radius 2 is 1.64 bits per heavy atom. The molecule has 0 bridgehead atoms. The minimum Gasteiger partial charge on any atom is -0.497 e. The minimum atomic E-state index is -3.87. The molecule has 0 aromatic heterocycles. The van der Waals surface area contributed by atoms with Crippen LogP contribution >= 0.6 is 0 Å². The third-order valence-electron chi connectivity index (χ3n) is 7.08. The van der Waals surface area contributed by atoms with Crippen molar-refractivity contribution >= 4 is 32.5 Å². The molecule has 200 valence electrons. The van der Waals surface area contributed by atoms with Crippen LogP contribution < -0.4 is 4.74 Å². The Morgan fingerprint density at radius 1 is 0.923 bits per heavy atom. The van der Waals surface area contributed by atoms with Gasteiger partial charge in [-0.25, -0.2) is 8.42 Å². The highest BCUT2D eigenvalue weighted by Gasteiger charge is 2.37. The van der Waals surface area contributed by atoms with E-state index in [4.69, 9.17) is 9.47 Å². The lowest BCUT2D eigenvalue weighted by molar-refractivity contribution is -0.143. The fraction of sp³-hybridized carbons (Fsp3) is 0.226. The lowest BCUT2D eigenvalue weighted by Gasteiger charge is -2.36. The number of methoxy groups -OCH3 is 1. The summed E-state index contributed by atoms with van der Waals surface area (Å²) in [7, 11) is -2.27. The van der Waals surface area contributed by atoms with E-state index < -0.39 is 28.6 Å². The van der Waals surface area contributed by atoms with Crippen LogP contribution in [0.5, 0.6) is 5.75 Å². The van der Waals surface area contributed by atoms with Crippen molar-refractivity contribution in [3.8, 4) is 5.75 Å². The number of hydrogen-bond acceptors (Lipinski definition) is 6. The standard InChI is InChI=1S/C31H29NO6S/c1-21-7-13-27(14-8-21)39(35,36)32-16-15-22-5-3-4-6-28(22)29(32)19-31(34)38-20-30(33)25-10-9-24-18-26(37-2)12-11-23(24)17-25/h3-14,17-18,29H,15-16,19-20H2,1-2H3. The molecule has 1 aliphatic heterocycles. The number of hydrogen-bond donors (Lipinski definition) is 0. The maximum atomic E-state index is 13.6. The SMILES string of the molecule is COc1ccc2cc(C(=O)COC(=O)CC3c4ccccc4CCN3S(=O)(=O)c3ccc(C)cc3)ccc2c1. The highest BCUT2D eigenvalue weighted by atomic mass is 32.2. The van der Waals surface area contributed by atoms with E-state index in [0.717, 1.165) is 33.2 Å². The molecule has 1 heterocycles. The first kappa shape index (κ1) is 26.6. The van der Waals surface area contributed by atoms with E-state index in [2.05, 4.69) is 0 Å². The Hall–Kier alpha value is -4.01. The predicted octanol–water partition coefficient (Wildman–Crippen LogP) is 5.26. The quantitative estimate of drug-likeness (QED) is 0.222. The van der Waals surface area contributed by atoms with Gasteiger partial charge in [-0.1, -0.05) is 60.2 Å². The molecule has 1 aliphatic rings. The number of carbonyl (C=O) groups excluding carboxylic acids is 2. The number of sulfonamides is 1. The van der Waals surface area contributed by atoms with Crippen molar-refractivity contribution in [1.82, 2.24) is 4.31 Å². The van der Waals surface area contributed by atoms with Crippen LogP contribution in [0.2, 0.25) is 0 Å².